The number of nitrogen functional groups attached to an aromatic ring is 1. The van der Waals surface area contributed by atoms with Crippen molar-refractivity contribution in [3.63, 3.8) is 0 Å². The topological polar surface area (TPSA) is 246 Å². The molecule has 0 bridgehead atoms. The maximum Gasteiger partial charge on any atom is 0.257 e. The van der Waals surface area contributed by atoms with E-state index >= 15 is 0 Å². The highest BCUT2D eigenvalue weighted by molar-refractivity contribution is 7.17. The van der Waals surface area contributed by atoms with Crippen LogP contribution < -0.4 is 28.3 Å². The van der Waals surface area contributed by atoms with Crippen LogP contribution in [0.25, 0.3) is 0 Å². The van der Waals surface area contributed by atoms with Crippen molar-refractivity contribution in [2.75, 3.05) is 30.7 Å². The monoisotopic (exact) mass is 987 g/mol. The first-order valence-corrected chi connectivity index (χ1v) is 24.3. The number of primary amides is 3. The number of carbonyl (C=O) groups is 6. The highest BCUT2D eigenvalue weighted by Crippen LogP contribution is 2.38. The summed E-state index contributed by atoms with van der Waals surface area (Å²) in [6.07, 6.45) is 13.3. The van der Waals surface area contributed by atoms with Crippen LogP contribution in [0.15, 0.2) is 48.5 Å². The summed E-state index contributed by atoms with van der Waals surface area (Å²) in [7, 11) is 0. The van der Waals surface area contributed by atoms with Gasteiger partial charge >= 0.3 is 0 Å². The molecule has 0 radical (unpaired) electrons. The zero-order chi connectivity index (χ0) is 48.5. The second-order valence-electron chi connectivity index (χ2n) is 14.8. The molecule has 13 nitrogen and oxygen atoms in total. The van der Waals surface area contributed by atoms with Crippen molar-refractivity contribution in [2.24, 2.45) is 17.2 Å². The largest absolute Gasteiger partial charge is 0.390 e. The van der Waals surface area contributed by atoms with Crippen LogP contribution in [0.4, 0.5) is 10.0 Å². The molecule has 2 aromatic carbocycles. The Bertz CT molecular complexity index is 2260. The summed E-state index contributed by atoms with van der Waals surface area (Å²) >= 11 is 19.8. The van der Waals surface area contributed by atoms with Crippen LogP contribution >= 0.6 is 57.5 Å². The van der Waals surface area contributed by atoms with Gasteiger partial charge in [0.15, 0.2) is 0 Å². The third kappa shape index (κ3) is 19.3. The Kier molecular flexibility index (Phi) is 26.3. The van der Waals surface area contributed by atoms with Crippen molar-refractivity contribution < 1.29 is 28.8 Å². The van der Waals surface area contributed by atoms with E-state index in [9.17, 15) is 28.8 Å². The number of hydrogen-bond acceptors (Lipinski definition) is 11. The van der Waals surface area contributed by atoms with Gasteiger partial charge in [0.2, 0.25) is 5.91 Å². The van der Waals surface area contributed by atoms with Crippen LogP contribution in [0.2, 0.25) is 10.0 Å². The SMILES string of the molecule is CCN(CC)CC.N#CCC(N)=O.NC(=O)c1c(N)sc2c1CCCC2.NC(=O)c1c(NC(=O)c2ccccc2Cl)sc2c1CCCC2.O=C(Cl)c1ccccc1Cl.O=C1CCCCC1. The molecule has 1 saturated carbocycles. The molecule has 1 fully saturated rings. The molecule has 4 amide bonds. The number of rotatable bonds is 9. The fraction of sp³-hybridized carbons (Fsp3) is 0.426. The number of nitrogens with two attached hydrogens (primary N) is 4. The molecule has 0 spiro atoms. The number of nitriles is 1. The summed E-state index contributed by atoms with van der Waals surface area (Å²) in [6.45, 7) is 10.1. The lowest BCUT2D eigenvalue weighted by Gasteiger charge is -2.13. The standard InChI is InChI=1S/C16H15ClN2O2S.C9H12N2OS.C7H4Cl2O.C6H15N.C6H10O.C3H4N2O/c17-11-7-3-1-5-9(11)15(21)19-16-13(14(18)20)10-6-2-4-8-12(10)22-16;10-8(12)7-5-3-1-2-4-6(5)13-9(7)11;8-6-4-2-1-3-5(6)7(9)10;1-4-7(5-2)6-3;7-6-4-2-1-3-5-6;4-2-1-3(5)6/h1,3,5,7H,2,4,6,8H2,(H2,18,20)(H,19,21);1-4,11H2,(H2,10,12);1-4H;4-6H2,1-3H3;1-5H2;1H2,(H2,5,6). The van der Waals surface area contributed by atoms with Gasteiger partial charge in [-0.1, -0.05) is 74.7 Å². The van der Waals surface area contributed by atoms with Gasteiger partial charge in [0.1, 0.15) is 17.2 Å². The fourth-order valence-electron chi connectivity index (χ4n) is 6.90. The summed E-state index contributed by atoms with van der Waals surface area (Å²) in [6, 6.07) is 15.1. The minimum atomic E-state index is -0.572. The number of fused-ring (bicyclic) bond motifs is 2. The Morgan fingerprint density at radius 2 is 1.12 bits per heavy atom. The number of nitrogens with one attached hydrogen (secondary N) is 1. The number of hydrogen-bond donors (Lipinski definition) is 5. The highest BCUT2D eigenvalue weighted by Gasteiger charge is 2.26. The normalized spacial score (nSPS) is 13.2. The molecule has 0 unspecified atom stereocenters. The lowest BCUT2D eigenvalue weighted by Crippen LogP contribution is -2.21. The van der Waals surface area contributed by atoms with Crippen LogP contribution in [-0.2, 0) is 35.3 Å². The van der Waals surface area contributed by atoms with Crippen LogP contribution in [0, 0.1) is 11.3 Å². The van der Waals surface area contributed by atoms with Gasteiger partial charge in [0.05, 0.1) is 43.4 Å². The molecule has 4 aromatic rings. The van der Waals surface area contributed by atoms with Gasteiger partial charge in [-0.05, 0) is 131 Å². The second-order valence-corrected chi connectivity index (χ2v) is 18.2. The quantitative estimate of drug-likeness (QED) is 0.100. The first kappa shape index (κ1) is 56.3. The first-order chi connectivity index (χ1) is 31.0. The van der Waals surface area contributed by atoms with E-state index < -0.39 is 17.1 Å². The van der Waals surface area contributed by atoms with E-state index in [1.165, 1.54) is 60.0 Å². The van der Waals surface area contributed by atoms with Gasteiger partial charge < -0.3 is 33.2 Å². The second kappa shape index (κ2) is 30.4. The van der Waals surface area contributed by atoms with Crippen LogP contribution in [-0.4, -0.2) is 59.2 Å². The lowest BCUT2D eigenvalue weighted by molar-refractivity contribution is -0.120. The van der Waals surface area contributed by atoms with E-state index in [1.54, 1.807) is 54.6 Å². The third-order valence-electron chi connectivity index (χ3n) is 10.3. The van der Waals surface area contributed by atoms with Crippen molar-refractivity contribution in [1.29, 1.82) is 5.26 Å². The van der Waals surface area contributed by atoms with Crippen molar-refractivity contribution >= 4 is 102 Å². The minimum absolute atomic E-state index is 0.181. The van der Waals surface area contributed by atoms with E-state index in [0.717, 1.165) is 86.6 Å². The predicted octanol–water partition coefficient (Wildman–Crippen LogP) is 9.91. The number of amides is 4. The summed E-state index contributed by atoms with van der Waals surface area (Å²) in [4.78, 5) is 70.7. The zero-order valence-corrected chi connectivity index (χ0v) is 41.1. The van der Waals surface area contributed by atoms with Crippen LogP contribution in [0.1, 0.15) is 147 Å². The van der Waals surface area contributed by atoms with Gasteiger partial charge in [-0.25, -0.2) is 0 Å². The van der Waals surface area contributed by atoms with Crippen LogP contribution in [0.3, 0.4) is 0 Å². The Morgan fingerprint density at radius 3 is 1.49 bits per heavy atom. The molecule has 0 saturated heterocycles. The molecule has 9 N–H and O–H groups in total. The van der Waals surface area contributed by atoms with Crippen LogP contribution in [0.5, 0.6) is 0 Å². The van der Waals surface area contributed by atoms with E-state index in [-0.39, 0.29) is 18.2 Å². The molecule has 2 heterocycles. The molecule has 7 rings (SSSR count). The smallest absolute Gasteiger partial charge is 0.257 e. The molecule has 18 heteroatoms. The van der Waals surface area contributed by atoms with E-state index in [1.807, 2.05) is 0 Å². The van der Waals surface area contributed by atoms with E-state index in [2.05, 4.69) is 36.7 Å². The minimum Gasteiger partial charge on any atom is -0.390 e. The van der Waals surface area contributed by atoms with Gasteiger partial charge in [-0.3, -0.25) is 28.8 Å². The van der Waals surface area contributed by atoms with Gasteiger partial charge in [-0.15, -0.1) is 22.7 Å². The summed E-state index contributed by atoms with van der Waals surface area (Å²) in [5.41, 5.74) is 25.0. The number of ketones is 1. The molecule has 0 aliphatic heterocycles. The summed E-state index contributed by atoms with van der Waals surface area (Å²) < 4.78 is 0. The lowest BCUT2D eigenvalue weighted by atomic mass is 9.95. The third-order valence-corrected chi connectivity index (χ3v) is 13.5. The zero-order valence-electron chi connectivity index (χ0n) is 37.2. The first-order valence-electron chi connectivity index (χ1n) is 21.5. The Labute approximate surface area is 405 Å². The fourth-order valence-corrected chi connectivity index (χ4v) is 10.0. The Balaban J connectivity index is 0.000000290. The number of benzene rings is 2. The maximum atomic E-state index is 12.4. The average molecular weight is 990 g/mol. The highest BCUT2D eigenvalue weighted by atomic mass is 35.5. The number of aryl methyl sites for hydroxylation is 2. The number of Topliss-reactive ketones (excluding diaryl/α,β-unsaturated/α-hetero) is 1. The number of nitrogens with zero attached hydrogens (tertiary/aromatic N) is 2. The van der Waals surface area contributed by atoms with E-state index in [4.69, 9.17) is 57.3 Å². The molecule has 65 heavy (non-hydrogen) atoms. The average Bonchev–Trinajstić information content (AvgIpc) is 3.82. The molecular weight excluding hydrogens is 929 g/mol. The molecule has 352 valence electrons. The van der Waals surface area contributed by atoms with Gasteiger partial charge in [0, 0.05) is 22.6 Å². The Morgan fingerprint density at radius 1 is 0.677 bits per heavy atom. The predicted molar refractivity (Wildman–Crippen MR) is 265 cm³/mol. The van der Waals surface area contributed by atoms with Crippen molar-refractivity contribution in [2.45, 2.75) is 111 Å². The molecule has 0 atom stereocenters. The van der Waals surface area contributed by atoms with Gasteiger partial charge in [-0.2, -0.15) is 5.26 Å². The summed E-state index contributed by atoms with van der Waals surface area (Å²) in [5.74, 6) is -1.30. The van der Waals surface area contributed by atoms with Crippen molar-refractivity contribution in [3.8, 4) is 6.07 Å². The van der Waals surface area contributed by atoms with E-state index in [0.29, 0.717) is 48.1 Å². The van der Waals surface area contributed by atoms with Crippen molar-refractivity contribution in [3.05, 3.63) is 102 Å². The number of anilines is 2. The molecule has 2 aromatic heterocycles. The molecule has 3 aliphatic rings. The number of thiophene rings is 2. The molecule has 3 aliphatic carbocycles. The van der Waals surface area contributed by atoms with Crippen molar-refractivity contribution in [1.82, 2.24) is 4.90 Å². The summed E-state index contributed by atoms with van der Waals surface area (Å²) in [5, 5.41) is 11.9. The maximum absolute atomic E-state index is 12.4. The Hall–Kier alpha value is -4.82. The number of carbonyl (C=O) groups excluding carboxylic acids is 6. The van der Waals surface area contributed by atoms with Gasteiger partial charge in [0.25, 0.3) is 23.0 Å². The molecular formula is C47H60Cl3N7O6S2. The number of halogens is 3.